The average molecular weight is 226 g/mol. The Bertz CT molecular complexity index is 494. The molecule has 0 bridgehead atoms. The maximum atomic E-state index is 11.3. The number of hydrogen-bond acceptors (Lipinski definition) is 4. The molecule has 0 fully saturated rings. The number of anilines is 1. The number of fused-ring (bicyclic) bond motifs is 1. The smallest absolute Gasteiger partial charge is 0.243 e. The molecule has 2 heterocycles. The monoisotopic (exact) mass is 225 g/mol. The van der Waals surface area contributed by atoms with E-state index in [1.54, 1.807) is 6.92 Å². The van der Waals surface area contributed by atoms with E-state index in [0.29, 0.717) is 17.0 Å². The molecule has 1 amide bonds. The minimum absolute atomic E-state index is 0.314. The summed E-state index contributed by atoms with van der Waals surface area (Å²) in [6.45, 7) is 1.59. The SMILES string of the molecule is CC(Cl)C(=O)Nc1ncnc2nc[nH]c12. The van der Waals surface area contributed by atoms with Crippen molar-refractivity contribution in [3.05, 3.63) is 12.7 Å². The summed E-state index contributed by atoms with van der Waals surface area (Å²) in [5, 5.41) is 1.96. The zero-order valence-electron chi connectivity index (χ0n) is 7.86. The van der Waals surface area contributed by atoms with Gasteiger partial charge in [0, 0.05) is 0 Å². The molecule has 7 heteroatoms. The van der Waals surface area contributed by atoms with Gasteiger partial charge in [-0.2, -0.15) is 0 Å². The maximum Gasteiger partial charge on any atom is 0.243 e. The number of imidazole rings is 1. The summed E-state index contributed by atoms with van der Waals surface area (Å²) in [4.78, 5) is 26.0. The largest absolute Gasteiger partial charge is 0.340 e. The van der Waals surface area contributed by atoms with Crippen molar-refractivity contribution in [3.63, 3.8) is 0 Å². The first kappa shape index (κ1) is 9.85. The predicted octanol–water partition coefficient (Wildman–Crippen LogP) is 0.919. The molecule has 1 atom stereocenters. The fourth-order valence-corrected chi connectivity index (χ4v) is 1.13. The van der Waals surface area contributed by atoms with E-state index >= 15 is 0 Å². The summed E-state index contributed by atoms with van der Waals surface area (Å²) in [6.07, 6.45) is 2.82. The minimum atomic E-state index is -0.613. The van der Waals surface area contributed by atoms with Crippen LogP contribution in [0, 0.1) is 0 Å². The molecule has 0 radical (unpaired) electrons. The summed E-state index contributed by atoms with van der Waals surface area (Å²) in [7, 11) is 0. The van der Waals surface area contributed by atoms with Crippen LogP contribution in [0.1, 0.15) is 6.92 Å². The van der Waals surface area contributed by atoms with E-state index in [1.165, 1.54) is 12.7 Å². The highest BCUT2D eigenvalue weighted by Gasteiger charge is 2.12. The first-order chi connectivity index (χ1) is 7.18. The number of rotatable bonds is 2. The number of alkyl halides is 1. The molecule has 2 aromatic rings. The van der Waals surface area contributed by atoms with Gasteiger partial charge in [-0.15, -0.1) is 11.6 Å². The van der Waals surface area contributed by atoms with Crippen LogP contribution in [0.3, 0.4) is 0 Å². The third-order valence-electron chi connectivity index (χ3n) is 1.83. The molecule has 15 heavy (non-hydrogen) atoms. The second-order valence-electron chi connectivity index (χ2n) is 2.93. The van der Waals surface area contributed by atoms with Gasteiger partial charge in [0.25, 0.3) is 0 Å². The zero-order chi connectivity index (χ0) is 10.8. The molecule has 2 aromatic heterocycles. The molecule has 0 aromatic carbocycles. The Kier molecular flexibility index (Phi) is 2.51. The zero-order valence-corrected chi connectivity index (χ0v) is 8.62. The first-order valence-corrected chi connectivity index (χ1v) is 4.71. The molecule has 6 nitrogen and oxygen atoms in total. The quantitative estimate of drug-likeness (QED) is 0.745. The van der Waals surface area contributed by atoms with E-state index in [9.17, 15) is 4.79 Å². The van der Waals surface area contributed by atoms with Crippen LogP contribution in [0.25, 0.3) is 11.2 Å². The van der Waals surface area contributed by atoms with E-state index in [0.717, 1.165) is 0 Å². The van der Waals surface area contributed by atoms with Crippen molar-refractivity contribution in [1.82, 2.24) is 19.9 Å². The molecule has 2 rings (SSSR count). The highest BCUT2D eigenvalue weighted by atomic mass is 35.5. The molecular formula is C8H8ClN5O. The van der Waals surface area contributed by atoms with Crippen LogP contribution in [0.4, 0.5) is 5.82 Å². The fourth-order valence-electron chi connectivity index (χ4n) is 1.08. The van der Waals surface area contributed by atoms with Crippen LogP contribution < -0.4 is 5.32 Å². The van der Waals surface area contributed by atoms with Crippen LogP contribution in [0.15, 0.2) is 12.7 Å². The van der Waals surface area contributed by atoms with Gasteiger partial charge in [0.1, 0.15) is 17.2 Å². The van der Waals surface area contributed by atoms with Crippen LogP contribution in [-0.4, -0.2) is 31.2 Å². The van der Waals surface area contributed by atoms with Crippen LogP contribution >= 0.6 is 11.6 Å². The molecule has 2 N–H and O–H groups in total. The molecule has 1 unspecified atom stereocenters. The Balaban J connectivity index is 2.35. The number of carbonyl (C=O) groups is 1. The Labute approximate surface area is 90.1 Å². The van der Waals surface area contributed by atoms with E-state index in [4.69, 9.17) is 11.6 Å². The van der Waals surface area contributed by atoms with Crippen LogP contribution in [-0.2, 0) is 4.79 Å². The van der Waals surface area contributed by atoms with Crippen molar-refractivity contribution in [2.75, 3.05) is 5.32 Å². The van der Waals surface area contributed by atoms with Crippen molar-refractivity contribution in [2.45, 2.75) is 12.3 Å². The van der Waals surface area contributed by atoms with Gasteiger partial charge in [-0.05, 0) is 6.92 Å². The van der Waals surface area contributed by atoms with Gasteiger partial charge in [-0.3, -0.25) is 4.79 Å². The summed E-state index contributed by atoms with van der Waals surface area (Å²) in [6, 6.07) is 0. The topological polar surface area (TPSA) is 83.6 Å². The van der Waals surface area contributed by atoms with E-state index in [1.807, 2.05) is 0 Å². The van der Waals surface area contributed by atoms with Gasteiger partial charge in [0.05, 0.1) is 6.33 Å². The number of nitrogens with zero attached hydrogens (tertiary/aromatic N) is 3. The lowest BCUT2D eigenvalue weighted by molar-refractivity contribution is -0.115. The number of hydrogen-bond donors (Lipinski definition) is 2. The highest BCUT2D eigenvalue weighted by molar-refractivity contribution is 6.32. The maximum absolute atomic E-state index is 11.3. The van der Waals surface area contributed by atoms with Gasteiger partial charge in [-0.1, -0.05) is 0 Å². The molecule has 0 saturated heterocycles. The molecule has 0 aliphatic rings. The molecule has 0 spiro atoms. The third kappa shape index (κ3) is 1.89. The van der Waals surface area contributed by atoms with Crippen molar-refractivity contribution in [3.8, 4) is 0 Å². The summed E-state index contributed by atoms with van der Waals surface area (Å²) < 4.78 is 0. The number of carbonyl (C=O) groups excluding carboxylic acids is 1. The number of nitrogens with one attached hydrogen (secondary N) is 2. The molecule has 0 aliphatic carbocycles. The van der Waals surface area contributed by atoms with E-state index in [2.05, 4.69) is 25.3 Å². The molecule has 0 saturated carbocycles. The predicted molar refractivity (Wildman–Crippen MR) is 55.6 cm³/mol. The lowest BCUT2D eigenvalue weighted by atomic mass is 10.4. The van der Waals surface area contributed by atoms with Crippen molar-refractivity contribution >= 4 is 34.5 Å². The lowest BCUT2D eigenvalue weighted by Crippen LogP contribution is -2.21. The Morgan fingerprint density at radius 2 is 2.33 bits per heavy atom. The minimum Gasteiger partial charge on any atom is -0.340 e. The molecular weight excluding hydrogens is 218 g/mol. The second kappa shape index (κ2) is 3.82. The number of amides is 1. The summed E-state index contributed by atoms with van der Waals surface area (Å²) in [5.74, 6) is 0.0706. The Morgan fingerprint density at radius 3 is 3.07 bits per heavy atom. The van der Waals surface area contributed by atoms with E-state index in [-0.39, 0.29) is 5.91 Å². The fraction of sp³-hybridized carbons (Fsp3) is 0.250. The van der Waals surface area contributed by atoms with E-state index < -0.39 is 5.38 Å². The van der Waals surface area contributed by atoms with Gasteiger partial charge in [0.15, 0.2) is 11.5 Å². The number of aromatic amines is 1. The van der Waals surface area contributed by atoms with Crippen molar-refractivity contribution < 1.29 is 4.79 Å². The Hall–Kier alpha value is -1.69. The first-order valence-electron chi connectivity index (χ1n) is 4.27. The average Bonchev–Trinajstić information content (AvgIpc) is 2.66. The van der Waals surface area contributed by atoms with Gasteiger partial charge < -0.3 is 10.3 Å². The standard InChI is InChI=1S/C8H8ClN5O/c1-4(9)8(15)14-7-5-6(11-2-10-5)12-3-13-7/h2-4H,1H3,(H2,10,11,12,13,14,15). The number of halogens is 1. The van der Waals surface area contributed by atoms with Crippen LogP contribution in [0.2, 0.25) is 0 Å². The van der Waals surface area contributed by atoms with Gasteiger partial charge in [-0.25, -0.2) is 15.0 Å². The lowest BCUT2D eigenvalue weighted by Gasteiger charge is -2.05. The van der Waals surface area contributed by atoms with Crippen LogP contribution in [0.5, 0.6) is 0 Å². The summed E-state index contributed by atoms with van der Waals surface area (Å²) >= 11 is 5.62. The second-order valence-corrected chi connectivity index (χ2v) is 3.58. The van der Waals surface area contributed by atoms with Gasteiger partial charge in [0.2, 0.25) is 5.91 Å². The van der Waals surface area contributed by atoms with Crippen molar-refractivity contribution in [2.24, 2.45) is 0 Å². The summed E-state index contributed by atoms with van der Waals surface area (Å²) in [5.41, 5.74) is 1.09. The highest BCUT2D eigenvalue weighted by Crippen LogP contribution is 2.14. The van der Waals surface area contributed by atoms with Gasteiger partial charge >= 0.3 is 0 Å². The number of aromatic nitrogens is 4. The molecule has 0 aliphatic heterocycles. The Morgan fingerprint density at radius 1 is 1.53 bits per heavy atom. The van der Waals surface area contributed by atoms with Crippen molar-refractivity contribution in [1.29, 1.82) is 0 Å². The normalized spacial score (nSPS) is 12.7. The number of H-pyrrole nitrogens is 1. The molecule has 78 valence electrons. The third-order valence-corrected chi connectivity index (χ3v) is 2.02.